The maximum Gasteiger partial charge on any atom is 0.177 e. The largest absolute Gasteiger partial charge is 0.340 e. The van der Waals surface area contributed by atoms with Crippen LogP contribution in [0, 0.1) is 5.92 Å². The minimum Gasteiger partial charge on any atom is -0.340 e. The van der Waals surface area contributed by atoms with Crippen LogP contribution in [-0.2, 0) is 6.54 Å². The van der Waals surface area contributed by atoms with Crippen molar-refractivity contribution in [3.05, 3.63) is 35.8 Å². The molecule has 2 aliphatic rings. The van der Waals surface area contributed by atoms with Crippen LogP contribution in [-0.4, -0.2) is 51.7 Å². The molecule has 1 unspecified atom stereocenters. The van der Waals surface area contributed by atoms with Crippen LogP contribution in [0.1, 0.15) is 50.8 Å². The van der Waals surface area contributed by atoms with E-state index in [4.69, 9.17) is 15.7 Å². The molecule has 0 amide bonds. The van der Waals surface area contributed by atoms with Gasteiger partial charge in [0.15, 0.2) is 5.65 Å². The SMILES string of the molecule is NCCCCN(Cc1nc2ncccc2[nH]1)CC1CCCC2=CCCCN=C21. The van der Waals surface area contributed by atoms with Crippen LogP contribution in [0.4, 0.5) is 0 Å². The van der Waals surface area contributed by atoms with Gasteiger partial charge in [-0.05, 0) is 75.7 Å². The van der Waals surface area contributed by atoms with Crippen LogP contribution < -0.4 is 5.73 Å². The maximum absolute atomic E-state index is 5.74. The van der Waals surface area contributed by atoms with Gasteiger partial charge in [0.05, 0.1) is 12.1 Å². The van der Waals surface area contributed by atoms with Crippen molar-refractivity contribution >= 4 is 16.9 Å². The van der Waals surface area contributed by atoms with Gasteiger partial charge in [0.25, 0.3) is 0 Å². The second-order valence-corrected chi connectivity index (χ2v) is 8.02. The molecular weight excluding hydrogens is 348 g/mol. The number of H-pyrrole nitrogens is 1. The van der Waals surface area contributed by atoms with E-state index in [0.717, 1.165) is 62.6 Å². The highest BCUT2D eigenvalue weighted by Crippen LogP contribution is 2.29. The summed E-state index contributed by atoms with van der Waals surface area (Å²) in [5.41, 5.74) is 10.5. The van der Waals surface area contributed by atoms with E-state index >= 15 is 0 Å². The molecule has 0 radical (unpaired) electrons. The minimum absolute atomic E-state index is 0.540. The molecule has 0 bridgehead atoms. The van der Waals surface area contributed by atoms with Gasteiger partial charge in [-0.3, -0.25) is 9.89 Å². The third-order valence-electron chi connectivity index (χ3n) is 5.84. The zero-order chi connectivity index (χ0) is 19.2. The molecule has 3 N–H and O–H groups in total. The smallest absolute Gasteiger partial charge is 0.177 e. The predicted molar refractivity (Wildman–Crippen MR) is 114 cm³/mol. The Kier molecular flexibility index (Phi) is 6.49. The molecule has 2 aromatic heterocycles. The van der Waals surface area contributed by atoms with Gasteiger partial charge in [-0.2, -0.15) is 0 Å². The van der Waals surface area contributed by atoms with E-state index in [1.807, 2.05) is 12.1 Å². The molecule has 1 fully saturated rings. The van der Waals surface area contributed by atoms with Crippen LogP contribution in [0.15, 0.2) is 35.0 Å². The van der Waals surface area contributed by atoms with E-state index in [1.165, 1.54) is 43.4 Å². The van der Waals surface area contributed by atoms with Crippen LogP contribution in [0.25, 0.3) is 11.2 Å². The second-order valence-electron chi connectivity index (χ2n) is 8.02. The minimum atomic E-state index is 0.540. The Morgan fingerprint density at radius 1 is 1.25 bits per heavy atom. The van der Waals surface area contributed by atoms with Gasteiger partial charge < -0.3 is 10.7 Å². The first-order chi connectivity index (χ1) is 13.8. The summed E-state index contributed by atoms with van der Waals surface area (Å²) in [5.74, 6) is 1.54. The standard InChI is InChI=1S/C22H32N6/c23-11-2-4-14-28(16-20-26-19-10-6-13-25-22(19)27-20)15-18-9-5-8-17-7-1-3-12-24-21(17)18/h6-7,10,13,18H,1-5,8-9,11-12,14-16,23H2,(H,25,26,27). The highest BCUT2D eigenvalue weighted by molar-refractivity contribution is 6.02. The average molecular weight is 381 g/mol. The maximum atomic E-state index is 5.74. The molecule has 0 saturated heterocycles. The van der Waals surface area contributed by atoms with Crippen LogP contribution in [0.5, 0.6) is 0 Å². The molecule has 0 aromatic carbocycles. The topological polar surface area (TPSA) is 83.2 Å². The zero-order valence-corrected chi connectivity index (χ0v) is 16.7. The lowest BCUT2D eigenvalue weighted by Crippen LogP contribution is -2.36. The van der Waals surface area contributed by atoms with Gasteiger partial charge in [0.1, 0.15) is 5.82 Å². The number of hydrogen-bond acceptors (Lipinski definition) is 5. The molecule has 1 saturated carbocycles. The van der Waals surface area contributed by atoms with E-state index in [1.54, 1.807) is 6.20 Å². The fraction of sp³-hybridized carbons (Fsp3) is 0.591. The van der Waals surface area contributed by atoms with E-state index in [0.29, 0.717) is 5.92 Å². The summed E-state index contributed by atoms with van der Waals surface area (Å²) in [6, 6.07) is 3.99. The number of nitrogens with two attached hydrogens (primary N) is 1. The average Bonchev–Trinajstić information content (AvgIpc) is 2.95. The first-order valence-electron chi connectivity index (χ1n) is 10.8. The normalized spacial score (nSPS) is 20.0. The summed E-state index contributed by atoms with van der Waals surface area (Å²) in [5, 5.41) is 0. The van der Waals surface area contributed by atoms with Crippen LogP contribution >= 0.6 is 0 Å². The van der Waals surface area contributed by atoms with E-state index < -0.39 is 0 Å². The van der Waals surface area contributed by atoms with Crippen molar-refractivity contribution in [2.75, 3.05) is 26.2 Å². The number of hydrogen-bond donors (Lipinski definition) is 2. The Bertz CT molecular complexity index is 803. The number of aromatic amines is 1. The van der Waals surface area contributed by atoms with Crippen molar-refractivity contribution in [2.45, 2.75) is 51.5 Å². The number of aliphatic imine (C=N–C) groups is 1. The van der Waals surface area contributed by atoms with Crippen LogP contribution in [0.3, 0.4) is 0 Å². The molecule has 6 nitrogen and oxygen atoms in total. The Morgan fingerprint density at radius 2 is 2.21 bits per heavy atom. The van der Waals surface area contributed by atoms with Gasteiger partial charge in [-0.15, -0.1) is 0 Å². The van der Waals surface area contributed by atoms with Crippen molar-refractivity contribution in [3.8, 4) is 0 Å². The molecular formula is C22H32N6. The summed E-state index contributed by atoms with van der Waals surface area (Å²) >= 11 is 0. The Labute approximate surface area is 167 Å². The molecule has 0 spiro atoms. The quantitative estimate of drug-likeness (QED) is 0.687. The molecule has 28 heavy (non-hydrogen) atoms. The number of rotatable bonds is 8. The zero-order valence-electron chi connectivity index (χ0n) is 16.7. The fourth-order valence-electron chi connectivity index (χ4n) is 4.46. The molecule has 1 atom stereocenters. The lowest BCUT2D eigenvalue weighted by Gasteiger charge is -2.31. The number of unbranched alkanes of at least 4 members (excludes halogenated alkanes) is 1. The molecule has 6 heteroatoms. The van der Waals surface area contributed by atoms with E-state index in [2.05, 4.69) is 20.9 Å². The van der Waals surface area contributed by atoms with Gasteiger partial charge in [-0.25, -0.2) is 9.97 Å². The monoisotopic (exact) mass is 380 g/mol. The lowest BCUT2D eigenvalue weighted by molar-refractivity contribution is 0.229. The van der Waals surface area contributed by atoms with Crippen molar-refractivity contribution in [3.63, 3.8) is 0 Å². The highest BCUT2D eigenvalue weighted by Gasteiger charge is 2.27. The molecule has 1 aliphatic heterocycles. The third kappa shape index (κ3) is 4.67. The second kappa shape index (κ2) is 9.43. The lowest BCUT2D eigenvalue weighted by atomic mass is 9.82. The number of fused-ring (bicyclic) bond motifs is 2. The number of aromatic nitrogens is 3. The summed E-state index contributed by atoms with van der Waals surface area (Å²) < 4.78 is 0. The Morgan fingerprint density at radius 3 is 3.11 bits per heavy atom. The molecule has 4 rings (SSSR count). The first-order valence-corrected chi connectivity index (χ1v) is 10.8. The van der Waals surface area contributed by atoms with Crippen molar-refractivity contribution in [1.82, 2.24) is 19.9 Å². The van der Waals surface area contributed by atoms with Gasteiger partial charge >= 0.3 is 0 Å². The first kappa shape index (κ1) is 19.3. The van der Waals surface area contributed by atoms with Gasteiger partial charge in [0, 0.05) is 30.9 Å². The predicted octanol–water partition coefficient (Wildman–Crippen LogP) is 3.46. The van der Waals surface area contributed by atoms with E-state index in [-0.39, 0.29) is 0 Å². The van der Waals surface area contributed by atoms with E-state index in [9.17, 15) is 0 Å². The number of nitrogens with zero attached hydrogens (tertiary/aromatic N) is 4. The number of pyridine rings is 1. The molecule has 150 valence electrons. The van der Waals surface area contributed by atoms with Gasteiger partial charge in [-0.1, -0.05) is 6.08 Å². The number of nitrogens with one attached hydrogen (secondary N) is 1. The van der Waals surface area contributed by atoms with Crippen molar-refractivity contribution < 1.29 is 0 Å². The third-order valence-corrected chi connectivity index (χ3v) is 5.84. The Balaban J connectivity index is 1.49. The summed E-state index contributed by atoms with van der Waals surface area (Å²) in [7, 11) is 0. The highest BCUT2D eigenvalue weighted by atomic mass is 15.2. The summed E-state index contributed by atoms with van der Waals surface area (Å²) in [6.45, 7) is 4.65. The van der Waals surface area contributed by atoms with Gasteiger partial charge in [0.2, 0.25) is 0 Å². The van der Waals surface area contributed by atoms with Crippen molar-refractivity contribution in [2.24, 2.45) is 16.6 Å². The summed E-state index contributed by atoms with van der Waals surface area (Å²) in [6.07, 6.45) is 12.5. The molecule has 2 aromatic rings. The molecule has 1 aliphatic carbocycles. The number of allylic oxidation sites excluding steroid dienone is 2. The molecule has 3 heterocycles. The van der Waals surface area contributed by atoms with Crippen molar-refractivity contribution in [1.29, 1.82) is 0 Å². The fourth-order valence-corrected chi connectivity index (χ4v) is 4.46. The van der Waals surface area contributed by atoms with Crippen LogP contribution in [0.2, 0.25) is 0 Å². The Hall–Kier alpha value is -2.05. The summed E-state index contributed by atoms with van der Waals surface area (Å²) in [4.78, 5) is 20.0. The number of imidazole rings is 1.